The summed E-state index contributed by atoms with van der Waals surface area (Å²) in [6.45, 7) is 0.0442. The van der Waals surface area contributed by atoms with Gasteiger partial charge in [-0.25, -0.2) is 0 Å². The maximum atomic E-state index is 14.1. The van der Waals surface area contributed by atoms with Gasteiger partial charge in [0.25, 0.3) is 0 Å². The number of alkyl halides is 3. The van der Waals surface area contributed by atoms with E-state index in [2.05, 4.69) is 0 Å². The molecule has 0 aliphatic carbocycles. The minimum atomic E-state index is -4.53. The summed E-state index contributed by atoms with van der Waals surface area (Å²) in [6, 6.07) is 28.9. The van der Waals surface area contributed by atoms with Crippen LogP contribution in [0.1, 0.15) is 27.0 Å². The highest BCUT2D eigenvalue weighted by molar-refractivity contribution is 6.15. The number of hydrogen-bond donors (Lipinski definition) is 1. The van der Waals surface area contributed by atoms with Crippen LogP contribution in [0.25, 0.3) is 16.9 Å². The summed E-state index contributed by atoms with van der Waals surface area (Å²) in [7, 11) is 1.52. The van der Waals surface area contributed by atoms with Gasteiger partial charge in [-0.2, -0.15) is 13.2 Å². The van der Waals surface area contributed by atoms with E-state index >= 15 is 0 Å². The Morgan fingerprint density at radius 1 is 0.825 bits per heavy atom. The molecule has 0 radical (unpaired) electrons. The molecule has 0 unspecified atom stereocenters. The van der Waals surface area contributed by atoms with Crippen molar-refractivity contribution in [3.05, 3.63) is 131 Å². The summed E-state index contributed by atoms with van der Waals surface area (Å²) in [5.74, 6) is -0.370. The molecule has 0 saturated carbocycles. The third-order valence-corrected chi connectivity index (χ3v) is 6.41. The van der Waals surface area contributed by atoms with E-state index < -0.39 is 23.4 Å². The molecule has 8 heteroatoms. The molecule has 5 nitrogen and oxygen atoms in total. The molecule has 1 aromatic heterocycles. The highest BCUT2D eigenvalue weighted by atomic mass is 19.4. The number of hydrogen-bond acceptors (Lipinski definition) is 4. The van der Waals surface area contributed by atoms with Crippen molar-refractivity contribution in [1.82, 2.24) is 4.57 Å². The Balaban J connectivity index is 1.74. The molecule has 0 bridgehead atoms. The zero-order valence-electron chi connectivity index (χ0n) is 21.4. The first-order valence-corrected chi connectivity index (χ1v) is 12.3. The lowest BCUT2D eigenvalue weighted by molar-refractivity contribution is -0.137. The van der Waals surface area contributed by atoms with Crippen molar-refractivity contribution in [2.45, 2.75) is 12.8 Å². The Hall–Kier alpha value is -4.98. The van der Waals surface area contributed by atoms with Gasteiger partial charge in [0.15, 0.2) is 11.5 Å². The van der Waals surface area contributed by atoms with Crippen molar-refractivity contribution in [3.8, 4) is 34.3 Å². The van der Waals surface area contributed by atoms with Gasteiger partial charge in [-0.3, -0.25) is 9.36 Å². The maximum Gasteiger partial charge on any atom is 0.416 e. The average molecular weight is 544 g/mol. The number of carbonyl (C=O) groups excluding carboxylic acids is 1. The summed E-state index contributed by atoms with van der Waals surface area (Å²) < 4.78 is 52.5. The Morgan fingerprint density at radius 3 is 2.00 bits per heavy atom. The Morgan fingerprint density at radius 2 is 1.43 bits per heavy atom. The molecule has 4 aromatic carbocycles. The van der Waals surface area contributed by atoms with Crippen LogP contribution in [0.4, 0.5) is 13.2 Å². The van der Waals surface area contributed by atoms with Crippen molar-refractivity contribution >= 4 is 5.78 Å². The quantitative estimate of drug-likeness (QED) is 0.204. The van der Waals surface area contributed by atoms with Crippen LogP contribution in [0.3, 0.4) is 0 Å². The van der Waals surface area contributed by atoms with Crippen LogP contribution < -0.4 is 9.47 Å². The van der Waals surface area contributed by atoms with Crippen molar-refractivity contribution in [3.63, 3.8) is 0 Å². The number of methoxy groups -OCH3 is 1. The minimum Gasteiger partial charge on any atom is -0.497 e. The maximum absolute atomic E-state index is 14.1. The molecule has 0 aliphatic rings. The summed E-state index contributed by atoms with van der Waals surface area (Å²) >= 11 is 0. The van der Waals surface area contributed by atoms with E-state index in [1.807, 2.05) is 30.3 Å². The summed E-state index contributed by atoms with van der Waals surface area (Å²) in [5.41, 5.74) is 1.41. The van der Waals surface area contributed by atoms with Crippen molar-refractivity contribution in [2.24, 2.45) is 0 Å². The Labute approximate surface area is 228 Å². The number of aromatic nitrogens is 1. The second-order valence-electron chi connectivity index (χ2n) is 8.95. The summed E-state index contributed by atoms with van der Waals surface area (Å²) in [6.07, 6.45) is -4.53. The molecule has 0 fully saturated rings. The van der Waals surface area contributed by atoms with Gasteiger partial charge in [-0.15, -0.1) is 0 Å². The lowest BCUT2D eigenvalue weighted by atomic mass is 9.99. The molecule has 1 heterocycles. The third-order valence-electron chi connectivity index (χ3n) is 6.41. The van der Waals surface area contributed by atoms with E-state index in [0.717, 1.165) is 17.7 Å². The van der Waals surface area contributed by atoms with Crippen LogP contribution in [0.15, 0.2) is 109 Å². The predicted octanol–water partition coefficient (Wildman–Crippen LogP) is 7.69. The molecule has 0 atom stereocenters. The van der Waals surface area contributed by atoms with Crippen LogP contribution in [0, 0.1) is 0 Å². The number of ether oxygens (including phenoxy) is 2. The molecular weight excluding hydrogens is 519 g/mol. The molecule has 5 rings (SSSR count). The number of aromatic hydroxyl groups is 1. The fraction of sp³-hybridized carbons (Fsp3) is 0.0938. The van der Waals surface area contributed by atoms with E-state index in [0.29, 0.717) is 16.9 Å². The van der Waals surface area contributed by atoms with Crippen LogP contribution in [-0.2, 0) is 12.8 Å². The fourth-order valence-electron chi connectivity index (χ4n) is 4.42. The zero-order valence-corrected chi connectivity index (χ0v) is 21.4. The van der Waals surface area contributed by atoms with E-state index in [9.17, 15) is 23.1 Å². The topological polar surface area (TPSA) is 60.7 Å². The Kier molecular flexibility index (Phi) is 7.33. The lowest BCUT2D eigenvalue weighted by Crippen LogP contribution is -2.07. The average Bonchev–Trinajstić information content (AvgIpc) is 3.28. The molecule has 0 saturated heterocycles. The molecule has 202 valence electrons. The van der Waals surface area contributed by atoms with Gasteiger partial charge in [0.1, 0.15) is 12.4 Å². The van der Waals surface area contributed by atoms with E-state index in [-0.39, 0.29) is 29.3 Å². The molecule has 1 N–H and O–H groups in total. The van der Waals surface area contributed by atoms with Crippen LogP contribution in [-0.4, -0.2) is 22.6 Å². The predicted molar refractivity (Wildman–Crippen MR) is 145 cm³/mol. The summed E-state index contributed by atoms with van der Waals surface area (Å²) in [4.78, 5) is 14.1. The number of carbonyl (C=O) groups is 1. The minimum absolute atomic E-state index is 0.0442. The fourth-order valence-corrected chi connectivity index (χ4v) is 4.42. The second kappa shape index (κ2) is 11.0. The second-order valence-corrected chi connectivity index (χ2v) is 8.95. The van der Waals surface area contributed by atoms with Crippen LogP contribution >= 0.6 is 0 Å². The number of benzene rings is 4. The van der Waals surface area contributed by atoms with E-state index in [4.69, 9.17) is 9.47 Å². The van der Waals surface area contributed by atoms with Gasteiger partial charge in [0, 0.05) is 11.3 Å². The van der Waals surface area contributed by atoms with Crippen molar-refractivity contribution in [1.29, 1.82) is 0 Å². The van der Waals surface area contributed by atoms with Gasteiger partial charge in [0.05, 0.1) is 23.9 Å². The lowest BCUT2D eigenvalue weighted by Gasteiger charge is -2.13. The van der Waals surface area contributed by atoms with Crippen molar-refractivity contribution < 1.29 is 32.5 Å². The third kappa shape index (κ3) is 5.29. The van der Waals surface area contributed by atoms with Gasteiger partial charge in [-0.05, 0) is 59.7 Å². The number of rotatable bonds is 8. The first-order valence-electron chi connectivity index (χ1n) is 12.3. The monoisotopic (exact) mass is 543 g/mol. The molecule has 0 aliphatic heterocycles. The Bertz CT molecular complexity index is 1610. The van der Waals surface area contributed by atoms with Crippen LogP contribution in [0.5, 0.6) is 17.4 Å². The smallest absolute Gasteiger partial charge is 0.416 e. The highest BCUT2D eigenvalue weighted by Crippen LogP contribution is 2.45. The van der Waals surface area contributed by atoms with E-state index in [1.165, 1.54) is 23.8 Å². The molecule has 0 amide bonds. The zero-order chi connectivity index (χ0) is 28.3. The number of nitrogens with zero attached hydrogens (tertiary/aromatic N) is 1. The normalized spacial score (nSPS) is 11.3. The SMILES string of the molecule is COc1ccc(C(=O)c2c(OCc3ccccc3)c(O)n(-c3ccc(C(F)(F)F)cc3)c2-c2ccccc2)cc1. The van der Waals surface area contributed by atoms with Gasteiger partial charge < -0.3 is 14.6 Å². The molecule has 40 heavy (non-hydrogen) atoms. The molecular formula is C32H24F3NO4. The highest BCUT2D eigenvalue weighted by Gasteiger charge is 2.33. The number of ketones is 1. The molecule has 5 aromatic rings. The number of halogens is 3. The van der Waals surface area contributed by atoms with E-state index in [1.54, 1.807) is 54.6 Å². The van der Waals surface area contributed by atoms with Gasteiger partial charge in [0.2, 0.25) is 5.88 Å². The first kappa shape index (κ1) is 26.6. The van der Waals surface area contributed by atoms with Gasteiger partial charge >= 0.3 is 6.18 Å². The molecule has 0 spiro atoms. The first-order chi connectivity index (χ1) is 19.3. The van der Waals surface area contributed by atoms with Gasteiger partial charge in [-0.1, -0.05) is 60.7 Å². The largest absolute Gasteiger partial charge is 0.497 e. The standard InChI is InChI=1S/C32H24F3NO4/c1-39-26-18-12-23(13-19-26)29(37)27-28(22-10-6-3-7-11-22)36(25-16-14-24(15-17-25)32(33,34)35)31(38)30(27)40-20-21-8-4-2-5-9-21/h2-19,38H,20H2,1H3. The summed E-state index contributed by atoms with van der Waals surface area (Å²) in [5, 5.41) is 11.5. The van der Waals surface area contributed by atoms with Crippen LogP contribution in [0.2, 0.25) is 0 Å². The van der Waals surface area contributed by atoms with Crippen molar-refractivity contribution in [2.75, 3.05) is 7.11 Å².